The van der Waals surface area contributed by atoms with Gasteiger partial charge in [-0.05, 0) is 6.42 Å². The van der Waals surface area contributed by atoms with Crippen LogP contribution in [0.3, 0.4) is 0 Å². The van der Waals surface area contributed by atoms with Crippen molar-refractivity contribution >= 4 is 6.29 Å². The van der Waals surface area contributed by atoms with Gasteiger partial charge in [0.1, 0.15) is 6.29 Å². The summed E-state index contributed by atoms with van der Waals surface area (Å²) in [7, 11) is 0. The lowest BCUT2D eigenvalue weighted by Crippen LogP contribution is -2.19. The lowest BCUT2D eigenvalue weighted by molar-refractivity contribution is -0.108. The second kappa shape index (κ2) is 4.74. The molecule has 0 saturated heterocycles. The lowest BCUT2D eigenvalue weighted by Gasteiger charge is -2.01. The molecule has 0 rings (SSSR count). The average molecular weight is 117 g/mol. The Morgan fingerprint density at radius 3 is 2.75 bits per heavy atom. The maximum atomic E-state index is 9.67. The standard InChI is InChI=1S/C5H11NO2/c6-4-5(8)2-1-3-7/h3,5,8H,1-2,4,6H2. The van der Waals surface area contributed by atoms with Crippen LogP contribution in [0.4, 0.5) is 0 Å². The molecule has 0 fully saturated rings. The highest BCUT2D eigenvalue weighted by atomic mass is 16.3. The number of aliphatic hydroxyl groups excluding tert-OH is 1. The fraction of sp³-hybridized carbons (Fsp3) is 0.800. The molecule has 0 amide bonds. The molecule has 1 unspecified atom stereocenters. The summed E-state index contributed by atoms with van der Waals surface area (Å²) in [5.41, 5.74) is 5.05. The molecule has 8 heavy (non-hydrogen) atoms. The van der Waals surface area contributed by atoms with Crippen LogP contribution in [0.2, 0.25) is 0 Å². The number of aliphatic hydroxyl groups is 1. The predicted octanol–water partition coefficient (Wildman–Crippen LogP) is -0.715. The molecule has 1 atom stereocenters. The van der Waals surface area contributed by atoms with Crippen LogP contribution in [0.15, 0.2) is 0 Å². The number of carbonyl (C=O) groups excluding carboxylic acids is 1. The van der Waals surface area contributed by atoms with E-state index in [0.29, 0.717) is 12.8 Å². The molecule has 48 valence electrons. The Labute approximate surface area is 48.5 Å². The van der Waals surface area contributed by atoms with E-state index in [-0.39, 0.29) is 6.54 Å². The summed E-state index contributed by atoms with van der Waals surface area (Å²) in [4.78, 5) is 9.67. The molecule has 0 spiro atoms. The Morgan fingerprint density at radius 2 is 2.38 bits per heavy atom. The van der Waals surface area contributed by atoms with E-state index >= 15 is 0 Å². The van der Waals surface area contributed by atoms with E-state index < -0.39 is 6.10 Å². The minimum absolute atomic E-state index is 0.244. The highest BCUT2D eigenvalue weighted by molar-refractivity contribution is 5.49. The summed E-state index contributed by atoms with van der Waals surface area (Å²) in [5.74, 6) is 0. The topological polar surface area (TPSA) is 63.3 Å². The van der Waals surface area contributed by atoms with Gasteiger partial charge in [-0.15, -0.1) is 0 Å². The lowest BCUT2D eigenvalue weighted by atomic mass is 10.2. The van der Waals surface area contributed by atoms with Gasteiger partial charge in [0.2, 0.25) is 0 Å². The first-order chi connectivity index (χ1) is 3.81. The second-order valence-electron chi connectivity index (χ2n) is 1.63. The summed E-state index contributed by atoms with van der Waals surface area (Å²) in [6.07, 6.45) is 1.16. The molecule has 0 aliphatic heterocycles. The van der Waals surface area contributed by atoms with Gasteiger partial charge in [-0.3, -0.25) is 0 Å². The number of aldehydes is 1. The predicted molar refractivity (Wildman–Crippen MR) is 30.4 cm³/mol. The Kier molecular flexibility index (Phi) is 4.50. The summed E-state index contributed by atoms with van der Waals surface area (Å²) in [5, 5.41) is 8.71. The van der Waals surface area contributed by atoms with Gasteiger partial charge >= 0.3 is 0 Å². The molecule has 0 aliphatic carbocycles. The summed E-state index contributed by atoms with van der Waals surface area (Å²) in [6, 6.07) is 0. The first-order valence-electron chi connectivity index (χ1n) is 2.63. The molecule has 0 aromatic carbocycles. The Bertz CT molecular complexity index is 65.4. The third kappa shape index (κ3) is 3.77. The number of hydrogen-bond donors (Lipinski definition) is 2. The van der Waals surface area contributed by atoms with Crippen LogP contribution < -0.4 is 5.73 Å². The fourth-order valence-corrected chi connectivity index (χ4v) is 0.378. The van der Waals surface area contributed by atoms with Gasteiger partial charge in [-0.2, -0.15) is 0 Å². The molecule has 3 N–H and O–H groups in total. The molecule has 0 saturated carbocycles. The van der Waals surface area contributed by atoms with E-state index in [1.54, 1.807) is 0 Å². The third-order valence-electron chi connectivity index (χ3n) is 0.890. The van der Waals surface area contributed by atoms with Gasteiger partial charge in [0.15, 0.2) is 0 Å². The van der Waals surface area contributed by atoms with E-state index in [9.17, 15) is 4.79 Å². The minimum Gasteiger partial charge on any atom is -0.392 e. The molecular weight excluding hydrogens is 106 g/mol. The number of rotatable bonds is 4. The van der Waals surface area contributed by atoms with Gasteiger partial charge in [0, 0.05) is 13.0 Å². The van der Waals surface area contributed by atoms with E-state index in [0.717, 1.165) is 6.29 Å². The van der Waals surface area contributed by atoms with E-state index in [2.05, 4.69) is 0 Å². The zero-order valence-electron chi connectivity index (χ0n) is 4.71. The van der Waals surface area contributed by atoms with Crippen LogP contribution in [0.25, 0.3) is 0 Å². The van der Waals surface area contributed by atoms with E-state index in [1.807, 2.05) is 0 Å². The highest BCUT2D eigenvalue weighted by Crippen LogP contribution is 1.90. The number of nitrogens with two attached hydrogens (primary N) is 1. The van der Waals surface area contributed by atoms with Crippen molar-refractivity contribution in [2.24, 2.45) is 5.73 Å². The molecule has 0 bridgehead atoms. The van der Waals surface area contributed by atoms with Crippen LogP contribution >= 0.6 is 0 Å². The summed E-state index contributed by atoms with van der Waals surface area (Å²) in [6.45, 7) is 0.244. The molecular formula is C5H11NO2. The van der Waals surface area contributed by atoms with Crippen molar-refractivity contribution in [2.45, 2.75) is 18.9 Å². The van der Waals surface area contributed by atoms with Crippen molar-refractivity contribution in [3.63, 3.8) is 0 Å². The Balaban J connectivity index is 2.97. The molecule has 0 radical (unpaired) electrons. The van der Waals surface area contributed by atoms with Crippen molar-refractivity contribution in [1.82, 2.24) is 0 Å². The van der Waals surface area contributed by atoms with Gasteiger partial charge in [-0.1, -0.05) is 0 Å². The number of carbonyl (C=O) groups is 1. The summed E-state index contributed by atoms with van der Waals surface area (Å²) >= 11 is 0. The van der Waals surface area contributed by atoms with E-state index in [1.165, 1.54) is 0 Å². The first kappa shape index (κ1) is 7.59. The van der Waals surface area contributed by atoms with Crippen molar-refractivity contribution in [2.75, 3.05) is 6.54 Å². The van der Waals surface area contributed by atoms with Gasteiger partial charge in [-0.25, -0.2) is 0 Å². The van der Waals surface area contributed by atoms with Crippen LogP contribution in [0.1, 0.15) is 12.8 Å². The van der Waals surface area contributed by atoms with Crippen LogP contribution in [0, 0.1) is 0 Å². The molecule has 0 heterocycles. The van der Waals surface area contributed by atoms with Gasteiger partial charge in [0.05, 0.1) is 6.10 Å². The molecule has 0 aromatic heterocycles. The quantitative estimate of drug-likeness (QED) is 0.478. The maximum Gasteiger partial charge on any atom is 0.120 e. The molecule has 0 aliphatic rings. The Morgan fingerprint density at radius 1 is 1.75 bits per heavy atom. The van der Waals surface area contributed by atoms with Crippen molar-refractivity contribution < 1.29 is 9.90 Å². The SMILES string of the molecule is NCC(O)CCC=O. The Hall–Kier alpha value is -0.410. The van der Waals surface area contributed by atoms with Gasteiger partial charge < -0.3 is 15.6 Å². The van der Waals surface area contributed by atoms with Crippen molar-refractivity contribution in [1.29, 1.82) is 0 Å². The van der Waals surface area contributed by atoms with Crippen LogP contribution in [-0.4, -0.2) is 24.0 Å². The normalized spacial score (nSPS) is 13.2. The van der Waals surface area contributed by atoms with Crippen molar-refractivity contribution in [3.8, 4) is 0 Å². The maximum absolute atomic E-state index is 9.67. The monoisotopic (exact) mass is 117 g/mol. The summed E-state index contributed by atoms with van der Waals surface area (Å²) < 4.78 is 0. The van der Waals surface area contributed by atoms with Crippen molar-refractivity contribution in [3.05, 3.63) is 0 Å². The fourth-order valence-electron chi connectivity index (χ4n) is 0.378. The zero-order valence-corrected chi connectivity index (χ0v) is 4.71. The largest absolute Gasteiger partial charge is 0.392 e. The first-order valence-corrected chi connectivity index (χ1v) is 2.63. The third-order valence-corrected chi connectivity index (χ3v) is 0.890. The smallest absolute Gasteiger partial charge is 0.120 e. The minimum atomic E-state index is -0.500. The molecule has 3 nitrogen and oxygen atoms in total. The highest BCUT2D eigenvalue weighted by Gasteiger charge is 1.97. The zero-order chi connectivity index (χ0) is 6.41. The second-order valence-corrected chi connectivity index (χ2v) is 1.63. The van der Waals surface area contributed by atoms with Gasteiger partial charge in [0.25, 0.3) is 0 Å². The van der Waals surface area contributed by atoms with Crippen LogP contribution in [0.5, 0.6) is 0 Å². The number of hydrogen-bond acceptors (Lipinski definition) is 3. The van der Waals surface area contributed by atoms with E-state index in [4.69, 9.17) is 10.8 Å². The van der Waals surface area contributed by atoms with Crippen LogP contribution in [-0.2, 0) is 4.79 Å². The molecule has 3 heteroatoms. The molecule has 0 aromatic rings. The average Bonchev–Trinajstić information content (AvgIpc) is 1.83.